The summed E-state index contributed by atoms with van der Waals surface area (Å²) in [6, 6.07) is 19.7. The largest absolute Gasteiger partial charge is 0.487 e. The third-order valence-corrected chi connectivity index (χ3v) is 9.68. The molecule has 0 spiro atoms. The van der Waals surface area contributed by atoms with E-state index >= 15 is 0 Å². The summed E-state index contributed by atoms with van der Waals surface area (Å²) >= 11 is 0. The van der Waals surface area contributed by atoms with Crippen LogP contribution in [0.2, 0.25) is 0 Å². The van der Waals surface area contributed by atoms with Crippen LogP contribution in [0.3, 0.4) is 0 Å². The van der Waals surface area contributed by atoms with Crippen molar-refractivity contribution in [1.82, 2.24) is 15.0 Å². The van der Waals surface area contributed by atoms with Crippen molar-refractivity contribution in [2.24, 2.45) is 10.8 Å². The van der Waals surface area contributed by atoms with Gasteiger partial charge in [-0.3, -0.25) is 29.8 Å². The van der Waals surface area contributed by atoms with Gasteiger partial charge in [0.2, 0.25) is 0 Å². The van der Waals surface area contributed by atoms with Gasteiger partial charge < -0.3 is 9.64 Å². The maximum absolute atomic E-state index is 14.3. The van der Waals surface area contributed by atoms with Crippen LogP contribution >= 0.6 is 0 Å². The summed E-state index contributed by atoms with van der Waals surface area (Å²) in [7, 11) is 0. The molecule has 0 unspecified atom stereocenters. The molecule has 0 saturated carbocycles. The zero-order chi connectivity index (χ0) is 36.2. The Hall–Kier alpha value is -5.98. The predicted octanol–water partition coefficient (Wildman–Crippen LogP) is 7.55. The van der Waals surface area contributed by atoms with Crippen LogP contribution in [0.4, 0.5) is 17.1 Å². The maximum Gasteiger partial charge on any atom is 0.271 e. The summed E-state index contributed by atoms with van der Waals surface area (Å²) in [6.07, 6.45) is 3.27. The number of nitrogens with zero attached hydrogens (tertiary/aromatic N) is 6. The van der Waals surface area contributed by atoms with Crippen molar-refractivity contribution < 1.29 is 24.2 Å². The Morgan fingerprint density at radius 2 is 1.37 bits per heavy atom. The third-order valence-electron chi connectivity index (χ3n) is 9.68. The summed E-state index contributed by atoms with van der Waals surface area (Å²) in [4.78, 5) is 52.7. The predicted molar refractivity (Wildman–Crippen MR) is 187 cm³/mol. The van der Waals surface area contributed by atoms with Crippen LogP contribution in [0.1, 0.15) is 70.6 Å². The number of anilines is 1. The summed E-state index contributed by atoms with van der Waals surface area (Å²) in [5.41, 5.74) is 3.89. The zero-order valence-corrected chi connectivity index (χ0v) is 28.7. The fourth-order valence-corrected chi connectivity index (χ4v) is 7.55. The van der Waals surface area contributed by atoms with Crippen LogP contribution < -0.4 is 9.64 Å². The highest BCUT2D eigenvalue weighted by Gasteiger charge is 2.50. The van der Waals surface area contributed by atoms with E-state index in [1.165, 1.54) is 28.9 Å². The number of carbonyl (C=O) groups is 2. The van der Waals surface area contributed by atoms with E-state index in [0.29, 0.717) is 52.4 Å². The van der Waals surface area contributed by atoms with Crippen molar-refractivity contribution in [1.29, 1.82) is 0 Å². The van der Waals surface area contributed by atoms with Crippen LogP contribution in [-0.2, 0) is 16.2 Å². The molecule has 0 saturated heterocycles. The Morgan fingerprint density at radius 3 is 1.98 bits per heavy atom. The van der Waals surface area contributed by atoms with Gasteiger partial charge in [-0.25, -0.2) is 4.68 Å². The molecule has 0 bridgehead atoms. The van der Waals surface area contributed by atoms with Crippen molar-refractivity contribution >= 4 is 28.6 Å². The quantitative estimate of drug-likeness (QED) is 0.133. The van der Waals surface area contributed by atoms with Gasteiger partial charge in [-0.1, -0.05) is 57.2 Å². The average molecular weight is 689 g/mol. The van der Waals surface area contributed by atoms with Crippen LogP contribution in [0.5, 0.6) is 5.75 Å². The molecule has 260 valence electrons. The number of carbonyl (C=O) groups excluding carboxylic acids is 2. The first-order valence-corrected chi connectivity index (χ1v) is 16.7. The van der Waals surface area contributed by atoms with Crippen molar-refractivity contribution in [3.63, 3.8) is 0 Å². The molecule has 0 amide bonds. The second-order valence-corrected chi connectivity index (χ2v) is 14.9. The van der Waals surface area contributed by atoms with E-state index in [1.807, 2.05) is 50.8 Å². The molecular formula is C38H36N6O7. The Morgan fingerprint density at radius 1 is 0.765 bits per heavy atom. The van der Waals surface area contributed by atoms with E-state index in [9.17, 15) is 29.8 Å². The van der Waals surface area contributed by atoms with Gasteiger partial charge in [-0.2, -0.15) is 0 Å². The Kier molecular flexibility index (Phi) is 8.16. The van der Waals surface area contributed by atoms with Gasteiger partial charge in [0, 0.05) is 71.1 Å². The minimum absolute atomic E-state index is 0.0241. The van der Waals surface area contributed by atoms with E-state index in [0.717, 1.165) is 11.4 Å². The van der Waals surface area contributed by atoms with Gasteiger partial charge in [0.25, 0.3) is 11.4 Å². The zero-order valence-electron chi connectivity index (χ0n) is 28.7. The summed E-state index contributed by atoms with van der Waals surface area (Å²) < 4.78 is 7.88. The molecule has 4 aromatic rings. The molecule has 1 aromatic heterocycles. The van der Waals surface area contributed by atoms with Gasteiger partial charge in [-0.05, 0) is 47.9 Å². The van der Waals surface area contributed by atoms with E-state index in [1.54, 1.807) is 36.5 Å². The van der Waals surface area contributed by atoms with Crippen LogP contribution in [-0.4, -0.2) is 36.4 Å². The molecule has 0 N–H and O–H groups in total. The molecule has 3 aliphatic rings. The standard InChI is InChI=1S/C38H36N6O7/c1-37(2)17-29-35(31(45)19-37)34(36-30(18-38(3,4)20-32(36)46)42(29)26-8-7-9-27(16-26)44(49)50)28-10-5-6-11-33(28)51-22-23-21-41(40-39-23)24-12-14-25(15-13-24)43(47)48/h5-16,21,34H,17-20,22H2,1-4H3. The molecule has 0 fully saturated rings. The topological polar surface area (TPSA) is 164 Å². The fourth-order valence-electron chi connectivity index (χ4n) is 7.55. The number of non-ortho nitro benzene ring substituents is 2. The summed E-state index contributed by atoms with van der Waals surface area (Å²) in [5, 5.41) is 31.3. The van der Waals surface area contributed by atoms with Crippen molar-refractivity contribution in [2.75, 3.05) is 4.90 Å². The summed E-state index contributed by atoms with van der Waals surface area (Å²) in [6.45, 7) is 8.18. The number of ether oxygens (including phenoxy) is 1. The van der Waals surface area contributed by atoms with Gasteiger partial charge in [0.05, 0.1) is 27.4 Å². The number of rotatable bonds is 8. The molecule has 0 atom stereocenters. The highest BCUT2D eigenvalue weighted by Crippen LogP contribution is 2.56. The molecule has 51 heavy (non-hydrogen) atoms. The number of allylic oxidation sites excluding steroid dienone is 4. The lowest BCUT2D eigenvalue weighted by atomic mass is 9.63. The van der Waals surface area contributed by atoms with Crippen molar-refractivity contribution in [3.05, 3.63) is 133 Å². The number of Topliss-reactive ketones (excluding diaryl/α,β-unsaturated/α-hetero) is 2. The Labute approximate surface area is 293 Å². The van der Waals surface area contributed by atoms with Gasteiger partial charge in [-0.15, -0.1) is 5.10 Å². The van der Waals surface area contributed by atoms with E-state index in [-0.39, 0.29) is 42.4 Å². The molecular weight excluding hydrogens is 652 g/mol. The average Bonchev–Trinajstić information content (AvgIpc) is 3.55. The number of hydrogen-bond acceptors (Lipinski definition) is 10. The first-order valence-electron chi connectivity index (χ1n) is 16.7. The minimum Gasteiger partial charge on any atom is -0.487 e. The van der Waals surface area contributed by atoms with Crippen molar-refractivity contribution in [3.8, 4) is 11.4 Å². The van der Waals surface area contributed by atoms with Gasteiger partial charge in [0.1, 0.15) is 18.1 Å². The monoisotopic (exact) mass is 688 g/mol. The molecule has 2 heterocycles. The van der Waals surface area contributed by atoms with E-state index in [2.05, 4.69) is 10.3 Å². The van der Waals surface area contributed by atoms with Gasteiger partial charge >= 0.3 is 0 Å². The molecule has 7 rings (SSSR count). The number of benzene rings is 3. The number of hydrogen-bond donors (Lipinski definition) is 0. The Bertz CT molecular complexity index is 2130. The number of para-hydroxylation sites is 1. The van der Waals surface area contributed by atoms with Crippen LogP contribution in [0.15, 0.2) is 102 Å². The molecule has 13 heteroatoms. The minimum atomic E-state index is -0.705. The Balaban J connectivity index is 1.32. The van der Waals surface area contributed by atoms with E-state index < -0.39 is 26.6 Å². The lowest BCUT2D eigenvalue weighted by molar-refractivity contribution is -0.385. The second kappa shape index (κ2) is 12.4. The molecule has 0 radical (unpaired) electrons. The molecule has 1 aliphatic heterocycles. The molecule has 2 aliphatic carbocycles. The van der Waals surface area contributed by atoms with Crippen LogP contribution in [0.25, 0.3) is 5.69 Å². The highest BCUT2D eigenvalue weighted by molar-refractivity contribution is 6.08. The smallest absolute Gasteiger partial charge is 0.271 e. The SMILES string of the molecule is CC1(C)CC(=O)C2=C(C1)N(c1cccc([N+](=O)[O-])c1)C1=C(C(=O)CC(C)(C)C1)C2c1ccccc1OCc1cn(-c2ccc([N+](=O)[O-])cc2)nn1. The third kappa shape index (κ3) is 6.31. The molecule has 13 nitrogen and oxygen atoms in total. The second-order valence-electron chi connectivity index (χ2n) is 14.9. The van der Waals surface area contributed by atoms with Crippen molar-refractivity contribution in [2.45, 2.75) is 65.9 Å². The maximum atomic E-state index is 14.3. The number of nitro groups is 2. The molecule has 3 aromatic carbocycles. The number of ketones is 2. The van der Waals surface area contributed by atoms with Crippen LogP contribution in [0, 0.1) is 31.1 Å². The highest BCUT2D eigenvalue weighted by atomic mass is 16.6. The first kappa shape index (κ1) is 33.5. The fraction of sp³-hybridized carbons (Fsp3) is 0.316. The van der Waals surface area contributed by atoms with E-state index in [4.69, 9.17) is 4.74 Å². The normalized spacial score (nSPS) is 18.4. The summed E-state index contributed by atoms with van der Waals surface area (Å²) in [5.74, 6) is -0.382. The van der Waals surface area contributed by atoms with Gasteiger partial charge in [0.15, 0.2) is 11.6 Å². The first-order chi connectivity index (χ1) is 24.2. The lowest BCUT2D eigenvalue weighted by Gasteiger charge is -2.49. The number of nitro benzene ring substituents is 2. The number of aromatic nitrogens is 3. The lowest BCUT2D eigenvalue weighted by Crippen LogP contribution is -2.44.